The summed E-state index contributed by atoms with van der Waals surface area (Å²) in [5, 5.41) is 6.52. The van der Waals surface area contributed by atoms with Crippen LogP contribution in [0.4, 0.5) is 0 Å². The van der Waals surface area contributed by atoms with Crippen LogP contribution in [0.5, 0.6) is 5.75 Å². The molecule has 0 aromatic heterocycles. The molecule has 22 heavy (non-hydrogen) atoms. The minimum atomic E-state index is 0. The summed E-state index contributed by atoms with van der Waals surface area (Å²) in [6, 6.07) is 8.03. The van der Waals surface area contributed by atoms with E-state index in [0.717, 1.165) is 37.7 Å². The number of carbonyl (C=O) groups is 1. The van der Waals surface area contributed by atoms with E-state index in [1.807, 2.05) is 24.3 Å². The largest absolute Gasteiger partial charge is 0.493 e. The molecule has 0 spiro atoms. The lowest BCUT2D eigenvalue weighted by Gasteiger charge is -2.30. The third kappa shape index (κ3) is 4.62. The Bertz CT molecular complexity index is 488. The Morgan fingerprint density at radius 3 is 2.64 bits per heavy atom. The lowest BCUT2D eigenvalue weighted by Crippen LogP contribution is -2.51. The van der Waals surface area contributed by atoms with Gasteiger partial charge in [0.1, 0.15) is 5.75 Å². The molecule has 2 unspecified atom stereocenters. The smallest absolute Gasteiger partial charge is 0.251 e. The summed E-state index contributed by atoms with van der Waals surface area (Å²) in [5.74, 6) is 1.60. The van der Waals surface area contributed by atoms with Crippen molar-refractivity contribution in [2.75, 3.05) is 13.2 Å². The normalized spacial score (nSPS) is 24.2. The molecule has 1 aromatic carbocycles. The Morgan fingerprint density at radius 1 is 1.27 bits per heavy atom. The number of halogens is 1. The first-order valence-electron chi connectivity index (χ1n) is 7.99. The summed E-state index contributed by atoms with van der Waals surface area (Å²) >= 11 is 0. The first kappa shape index (κ1) is 17.1. The second-order valence-corrected chi connectivity index (χ2v) is 6.24. The number of hydrogen-bond acceptors (Lipinski definition) is 3. The predicted molar refractivity (Wildman–Crippen MR) is 89.9 cm³/mol. The quantitative estimate of drug-likeness (QED) is 0.875. The van der Waals surface area contributed by atoms with Gasteiger partial charge in [-0.1, -0.05) is 0 Å². The maximum atomic E-state index is 12.3. The molecule has 0 bridgehead atoms. The van der Waals surface area contributed by atoms with E-state index in [0.29, 0.717) is 11.6 Å². The van der Waals surface area contributed by atoms with E-state index in [1.54, 1.807) is 0 Å². The Balaban J connectivity index is 0.00000176. The first-order chi connectivity index (χ1) is 10.2. The average Bonchev–Trinajstić information content (AvgIpc) is 3.32. The van der Waals surface area contributed by atoms with Gasteiger partial charge in [0.05, 0.1) is 6.61 Å². The van der Waals surface area contributed by atoms with E-state index in [4.69, 9.17) is 4.74 Å². The van der Waals surface area contributed by atoms with Gasteiger partial charge in [-0.05, 0) is 69.3 Å². The van der Waals surface area contributed by atoms with Gasteiger partial charge in [-0.15, -0.1) is 12.4 Å². The molecule has 1 heterocycles. The van der Waals surface area contributed by atoms with Crippen LogP contribution < -0.4 is 15.4 Å². The predicted octanol–water partition coefficient (Wildman–Crippen LogP) is 2.77. The molecular weight excluding hydrogens is 300 g/mol. The zero-order valence-corrected chi connectivity index (χ0v) is 13.8. The molecule has 2 aliphatic rings. The molecule has 0 radical (unpaired) electrons. The van der Waals surface area contributed by atoms with Crippen molar-refractivity contribution in [3.05, 3.63) is 29.8 Å². The zero-order valence-electron chi connectivity index (χ0n) is 13.0. The van der Waals surface area contributed by atoms with Gasteiger partial charge in [0.2, 0.25) is 0 Å². The highest BCUT2D eigenvalue weighted by molar-refractivity contribution is 5.94. The van der Waals surface area contributed by atoms with Crippen LogP contribution >= 0.6 is 12.4 Å². The molecular formula is C17H25ClN2O2. The summed E-state index contributed by atoms with van der Waals surface area (Å²) in [7, 11) is 0. The van der Waals surface area contributed by atoms with Gasteiger partial charge in [-0.3, -0.25) is 4.79 Å². The summed E-state index contributed by atoms with van der Waals surface area (Å²) in [4.78, 5) is 12.3. The van der Waals surface area contributed by atoms with E-state index in [9.17, 15) is 4.79 Å². The second-order valence-electron chi connectivity index (χ2n) is 6.24. The van der Waals surface area contributed by atoms with Gasteiger partial charge in [-0.2, -0.15) is 0 Å². The van der Waals surface area contributed by atoms with Gasteiger partial charge >= 0.3 is 0 Å². The van der Waals surface area contributed by atoms with Gasteiger partial charge < -0.3 is 15.4 Å². The molecule has 4 nitrogen and oxygen atoms in total. The van der Waals surface area contributed by atoms with Crippen molar-refractivity contribution in [3.8, 4) is 5.75 Å². The summed E-state index contributed by atoms with van der Waals surface area (Å²) in [6.45, 7) is 3.97. The Morgan fingerprint density at radius 2 is 2.00 bits per heavy atom. The molecule has 2 atom stereocenters. The molecule has 1 saturated carbocycles. The molecule has 3 rings (SSSR count). The van der Waals surface area contributed by atoms with E-state index in [-0.39, 0.29) is 24.4 Å². The van der Waals surface area contributed by atoms with E-state index < -0.39 is 0 Å². The van der Waals surface area contributed by atoms with E-state index >= 15 is 0 Å². The molecule has 2 N–H and O–H groups in total. The minimum absolute atomic E-state index is 0. The molecule has 1 aliphatic heterocycles. The highest BCUT2D eigenvalue weighted by Crippen LogP contribution is 2.29. The molecule has 1 aromatic rings. The highest BCUT2D eigenvalue weighted by Gasteiger charge is 2.23. The highest BCUT2D eigenvalue weighted by atomic mass is 35.5. The SMILES string of the molecule is CC1NCCCC1NC(=O)c1ccc(OCC2CC2)cc1.Cl. The standard InChI is InChI=1S/C17H24N2O2.ClH/c1-12-16(3-2-10-18-12)19-17(20)14-6-8-15(9-7-14)21-11-13-4-5-13;/h6-9,12-13,16,18H,2-5,10-11H2,1H3,(H,19,20);1H. The van der Waals surface area contributed by atoms with E-state index in [1.165, 1.54) is 12.8 Å². The fourth-order valence-corrected chi connectivity index (χ4v) is 2.69. The Hall–Kier alpha value is -1.26. The van der Waals surface area contributed by atoms with E-state index in [2.05, 4.69) is 17.6 Å². The summed E-state index contributed by atoms with van der Waals surface area (Å²) in [6.07, 6.45) is 4.73. The van der Waals surface area contributed by atoms with Crippen LogP contribution in [0.25, 0.3) is 0 Å². The molecule has 1 amide bonds. The number of rotatable bonds is 5. The molecule has 5 heteroatoms. The average molecular weight is 325 g/mol. The molecule has 122 valence electrons. The Kier molecular flexibility index (Phi) is 6.09. The monoisotopic (exact) mass is 324 g/mol. The number of ether oxygens (including phenoxy) is 1. The second kappa shape index (κ2) is 7.84. The van der Waals surface area contributed by atoms with Crippen LogP contribution in [0.1, 0.15) is 43.0 Å². The van der Waals surface area contributed by atoms with Crippen LogP contribution in [-0.4, -0.2) is 31.1 Å². The molecule has 2 fully saturated rings. The first-order valence-corrected chi connectivity index (χ1v) is 7.99. The third-order valence-corrected chi connectivity index (χ3v) is 4.38. The lowest BCUT2D eigenvalue weighted by atomic mass is 9.99. The lowest BCUT2D eigenvalue weighted by molar-refractivity contribution is 0.0920. The number of nitrogens with one attached hydrogen (secondary N) is 2. The molecule has 1 saturated heterocycles. The number of piperidine rings is 1. The van der Waals surface area contributed by atoms with Crippen LogP contribution in [0.3, 0.4) is 0 Å². The Labute approximate surface area is 138 Å². The van der Waals surface area contributed by atoms with Crippen LogP contribution in [0.15, 0.2) is 24.3 Å². The third-order valence-electron chi connectivity index (χ3n) is 4.38. The fraction of sp³-hybridized carbons (Fsp3) is 0.588. The van der Waals surface area contributed by atoms with Crippen molar-refractivity contribution in [2.45, 2.75) is 44.7 Å². The summed E-state index contributed by atoms with van der Waals surface area (Å²) in [5.41, 5.74) is 0.701. The fourth-order valence-electron chi connectivity index (χ4n) is 2.69. The van der Waals surface area contributed by atoms with Crippen LogP contribution in [0, 0.1) is 5.92 Å². The molecule has 1 aliphatic carbocycles. The summed E-state index contributed by atoms with van der Waals surface area (Å²) < 4.78 is 5.69. The minimum Gasteiger partial charge on any atom is -0.493 e. The maximum Gasteiger partial charge on any atom is 0.251 e. The van der Waals surface area contributed by atoms with Gasteiger partial charge in [0.15, 0.2) is 0 Å². The number of benzene rings is 1. The zero-order chi connectivity index (χ0) is 14.7. The van der Waals surface area contributed by atoms with Crippen molar-refractivity contribution < 1.29 is 9.53 Å². The van der Waals surface area contributed by atoms with Crippen LogP contribution in [-0.2, 0) is 0 Å². The van der Waals surface area contributed by atoms with Crippen molar-refractivity contribution in [1.82, 2.24) is 10.6 Å². The van der Waals surface area contributed by atoms with Crippen molar-refractivity contribution in [3.63, 3.8) is 0 Å². The van der Waals surface area contributed by atoms with Gasteiger partial charge in [0, 0.05) is 17.6 Å². The van der Waals surface area contributed by atoms with Crippen molar-refractivity contribution in [1.29, 1.82) is 0 Å². The maximum absolute atomic E-state index is 12.3. The van der Waals surface area contributed by atoms with Gasteiger partial charge in [0.25, 0.3) is 5.91 Å². The van der Waals surface area contributed by atoms with Gasteiger partial charge in [-0.25, -0.2) is 0 Å². The van der Waals surface area contributed by atoms with Crippen LogP contribution in [0.2, 0.25) is 0 Å². The topological polar surface area (TPSA) is 50.4 Å². The number of carbonyl (C=O) groups excluding carboxylic acids is 1. The number of amides is 1. The van der Waals surface area contributed by atoms with Crippen molar-refractivity contribution >= 4 is 18.3 Å². The van der Waals surface area contributed by atoms with Crippen molar-refractivity contribution in [2.24, 2.45) is 5.92 Å². The number of hydrogen-bond donors (Lipinski definition) is 2.